The molecule has 176 valence electrons. The molecule has 0 aliphatic carbocycles. The number of anilines is 1. The van der Waals surface area contributed by atoms with Crippen LogP contribution in [0.4, 0.5) is 5.82 Å². The van der Waals surface area contributed by atoms with Gasteiger partial charge in [0, 0.05) is 29.9 Å². The Kier molecular flexibility index (Phi) is 6.35. The van der Waals surface area contributed by atoms with E-state index < -0.39 is 0 Å². The van der Waals surface area contributed by atoms with E-state index in [2.05, 4.69) is 31.4 Å². The van der Waals surface area contributed by atoms with Gasteiger partial charge in [-0.3, -0.25) is 14.2 Å². The number of para-hydroxylation sites is 1. The van der Waals surface area contributed by atoms with Gasteiger partial charge < -0.3 is 5.32 Å². The number of hydrogen-bond acceptors (Lipinski definition) is 4. The number of nitrogens with zero attached hydrogens (tertiary/aromatic N) is 5. The zero-order chi connectivity index (χ0) is 24.7. The van der Waals surface area contributed by atoms with Crippen LogP contribution in [-0.2, 0) is 13.6 Å². The van der Waals surface area contributed by atoms with Gasteiger partial charge in [0.05, 0.1) is 44.0 Å². The fourth-order valence-electron chi connectivity index (χ4n) is 3.81. The molecule has 3 aromatic heterocycles. The summed E-state index contributed by atoms with van der Waals surface area (Å²) in [4.78, 5) is 18.2. The van der Waals surface area contributed by atoms with Crippen molar-refractivity contribution in [3.63, 3.8) is 0 Å². The molecule has 0 aliphatic rings. The number of rotatable bonds is 5. The lowest BCUT2D eigenvalue weighted by molar-refractivity contribution is 0.102. The first-order valence-corrected chi connectivity index (χ1v) is 12.2. The molecular formula is C25H19BrCl2N6O. The molecule has 0 unspecified atom stereocenters. The van der Waals surface area contributed by atoms with Gasteiger partial charge in [0.2, 0.25) is 0 Å². The smallest absolute Gasteiger partial charge is 0.257 e. The molecule has 10 heteroatoms. The largest absolute Gasteiger partial charge is 0.304 e. The number of amides is 1. The van der Waals surface area contributed by atoms with Crippen molar-refractivity contribution in [2.75, 3.05) is 5.32 Å². The van der Waals surface area contributed by atoms with Crippen LogP contribution in [0.2, 0.25) is 10.0 Å². The molecule has 1 amide bonds. The normalized spacial score (nSPS) is 11.2. The van der Waals surface area contributed by atoms with Crippen LogP contribution >= 0.6 is 39.1 Å². The summed E-state index contributed by atoms with van der Waals surface area (Å²) in [6.07, 6.45) is 3.56. The van der Waals surface area contributed by atoms with Gasteiger partial charge in [-0.25, -0.2) is 4.98 Å². The number of pyridine rings is 1. The van der Waals surface area contributed by atoms with E-state index in [4.69, 9.17) is 28.2 Å². The third-order valence-corrected chi connectivity index (χ3v) is 7.07. The average Bonchev–Trinajstić information content (AvgIpc) is 3.36. The van der Waals surface area contributed by atoms with E-state index in [1.807, 2.05) is 44.3 Å². The summed E-state index contributed by atoms with van der Waals surface area (Å²) in [5, 5.41) is 13.5. The van der Waals surface area contributed by atoms with Crippen LogP contribution in [0.15, 0.2) is 65.4 Å². The number of aryl methyl sites for hydroxylation is 1. The first-order valence-electron chi connectivity index (χ1n) is 10.7. The summed E-state index contributed by atoms with van der Waals surface area (Å²) in [6.45, 7) is 2.44. The maximum absolute atomic E-state index is 13.4. The monoisotopic (exact) mass is 568 g/mol. The molecule has 2 aromatic carbocycles. The minimum Gasteiger partial charge on any atom is -0.304 e. The molecule has 0 aliphatic heterocycles. The van der Waals surface area contributed by atoms with Crippen molar-refractivity contribution >= 4 is 61.8 Å². The van der Waals surface area contributed by atoms with E-state index in [-0.39, 0.29) is 5.91 Å². The molecule has 7 nitrogen and oxygen atoms in total. The Labute approximate surface area is 219 Å². The zero-order valence-electron chi connectivity index (χ0n) is 18.8. The molecule has 0 saturated heterocycles. The lowest BCUT2D eigenvalue weighted by Gasteiger charge is -2.10. The second-order valence-electron chi connectivity index (χ2n) is 8.07. The predicted octanol–water partition coefficient (Wildman–Crippen LogP) is 6.51. The molecule has 3 heterocycles. The Balaban J connectivity index is 1.47. The van der Waals surface area contributed by atoms with Crippen molar-refractivity contribution in [3.8, 4) is 11.3 Å². The van der Waals surface area contributed by atoms with Crippen LogP contribution < -0.4 is 5.32 Å². The molecule has 1 N–H and O–H groups in total. The summed E-state index contributed by atoms with van der Waals surface area (Å²) in [5.41, 5.74) is 4.68. The molecule has 35 heavy (non-hydrogen) atoms. The van der Waals surface area contributed by atoms with E-state index in [0.29, 0.717) is 38.1 Å². The van der Waals surface area contributed by atoms with Crippen molar-refractivity contribution in [2.45, 2.75) is 13.5 Å². The van der Waals surface area contributed by atoms with Gasteiger partial charge in [0.1, 0.15) is 0 Å². The molecule has 0 atom stereocenters. The molecule has 5 aromatic rings. The molecule has 0 radical (unpaired) electrons. The van der Waals surface area contributed by atoms with Crippen LogP contribution in [0.1, 0.15) is 21.6 Å². The van der Waals surface area contributed by atoms with Gasteiger partial charge in [0.15, 0.2) is 5.82 Å². The summed E-state index contributed by atoms with van der Waals surface area (Å²) in [7, 11) is 1.87. The van der Waals surface area contributed by atoms with Crippen LogP contribution in [0.5, 0.6) is 0 Å². The fraction of sp³-hybridized carbons (Fsp3) is 0.120. The van der Waals surface area contributed by atoms with Crippen LogP contribution in [0.25, 0.3) is 22.2 Å². The minimum absolute atomic E-state index is 0.285. The first kappa shape index (κ1) is 23.5. The van der Waals surface area contributed by atoms with E-state index in [9.17, 15) is 4.79 Å². The summed E-state index contributed by atoms with van der Waals surface area (Å²) >= 11 is 15.6. The summed E-state index contributed by atoms with van der Waals surface area (Å²) in [6, 6.07) is 14.8. The number of halogens is 3. The van der Waals surface area contributed by atoms with E-state index in [0.717, 1.165) is 27.7 Å². The Morgan fingerprint density at radius 1 is 1.11 bits per heavy atom. The maximum Gasteiger partial charge on any atom is 0.257 e. The maximum atomic E-state index is 13.4. The quantitative estimate of drug-likeness (QED) is 0.262. The van der Waals surface area contributed by atoms with E-state index in [1.54, 1.807) is 40.0 Å². The van der Waals surface area contributed by atoms with Crippen molar-refractivity contribution in [1.82, 2.24) is 24.5 Å². The van der Waals surface area contributed by atoms with Gasteiger partial charge in [-0.05, 0) is 52.7 Å². The highest BCUT2D eigenvalue weighted by atomic mass is 79.9. The van der Waals surface area contributed by atoms with Gasteiger partial charge >= 0.3 is 0 Å². The van der Waals surface area contributed by atoms with Crippen LogP contribution in [0, 0.1) is 6.92 Å². The number of fused-ring (bicyclic) bond motifs is 1. The Hall–Kier alpha value is -3.20. The SMILES string of the molecule is Cc1c(-c2cc(C(=O)Nc3nn(Cc4ccc(Cl)c(Cl)c4)cc3Br)c3ccccc3n2)cnn1C. The Morgan fingerprint density at radius 3 is 2.66 bits per heavy atom. The number of carbonyl (C=O) groups excluding carboxylic acids is 1. The molecule has 5 rings (SSSR count). The number of benzene rings is 2. The molecule has 0 spiro atoms. The minimum atomic E-state index is -0.285. The number of aromatic nitrogens is 5. The highest BCUT2D eigenvalue weighted by molar-refractivity contribution is 9.10. The Morgan fingerprint density at radius 2 is 1.91 bits per heavy atom. The topological polar surface area (TPSA) is 77.6 Å². The third kappa shape index (κ3) is 4.69. The first-order chi connectivity index (χ1) is 16.8. The molecule has 0 bridgehead atoms. The summed E-state index contributed by atoms with van der Waals surface area (Å²) < 4.78 is 4.16. The number of carbonyl (C=O) groups is 1. The lowest BCUT2D eigenvalue weighted by Crippen LogP contribution is -2.14. The summed E-state index contributed by atoms with van der Waals surface area (Å²) in [5.74, 6) is 0.127. The fourth-order valence-corrected chi connectivity index (χ4v) is 4.55. The average molecular weight is 570 g/mol. The number of hydrogen-bond donors (Lipinski definition) is 1. The van der Waals surface area contributed by atoms with Crippen molar-refractivity contribution < 1.29 is 4.79 Å². The lowest BCUT2D eigenvalue weighted by atomic mass is 10.0. The Bertz CT molecular complexity index is 1590. The van der Waals surface area contributed by atoms with Crippen molar-refractivity contribution in [2.24, 2.45) is 7.05 Å². The zero-order valence-corrected chi connectivity index (χ0v) is 21.9. The van der Waals surface area contributed by atoms with Gasteiger partial charge in [0.25, 0.3) is 5.91 Å². The molecular weight excluding hydrogens is 551 g/mol. The van der Waals surface area contributed by atoms with Crippen LogP contribution in [-0.4, -0.2) is 30.5 Å². The second kappa shape index (κ2) is 9.45. The van der Waals surface area contributed by atoms with Gasteiger partial charge in [-0.2, -0.15) is 10.2 Å². The molecule has 0 saturated carbocycles. The highest BCUT2D eigenvalue weighted by Gasteiger charge is 2.18. The van der Waals surface area contributed by atoms with Gasteiger partial charge in [-0.1, -0.05) is 47.5 Å². The third-order valence-electron chi connectivity index (χ3n) is 5.75. The second-order valence-corrected chi connectivity index (χ2v) is 9.73. The number of nitrogens with one attached hydrogen (secondary N) is 1. The van der Waals surface area contributed by atoms with Crippen molar-refractivity contribution in [1.29, 1.82) is 0 Å². The molecule has 0 fully saturated rings. The predicted molar refractivity (Wildman–Crippen MR) is 142 cm³/mol. The van der Waals surface area contributed by atoms with E-state index in [1.165, 1.54) is 0 Å². The van der Waals surface area contributed by atoms with Gasteiger partial charge in [-0.15, -0.1) is 0 Å². The standard InChI is InChI=1S/C25H19BrCl2N6O/c1-14-18(11-29-33(14)2)23-10-17(16-5-3-4-6-22(16)30-23)25(35)31-24-19(26)13-34(32-24)12-15-7-8-20(27)21(28)9-15/h3-11,13H,12H2,1-2H3,(H,31,32,35). The van der Waals surface area contributed by atoms with E-state index >= 15 is 0 Å². The van der Waals surface area contributed by atoms with Crippen LogP contribution in [0.3, 0.4) is 0 Å². The highest BCUT2D eigenvalue weighted by Crippen LogP contribution is 2.29. The van der Waals surface area contributed by atoms with Crippen molar-refractivity contribution in [3.05, 3.63) is 92.3 Å².